The Balaban J connectivity index is 1.69. The minimum atomic E-state index is -1.04. The average molecular weight is 356 g/mol. The Bertz CT molecular complexity index is 800. The van der Waals surface area contributed by atoms with Crippen molar-refractivity contribution in [3.05, 3.63) is 64.2 Å². The summed E-state index contributed by atoms with van der Waals surface area (Å²) < 4.78 is 11.0. The van der Waals surface area contributed by atoms with Crippen molar-refractivity contribution in [2.45, 2.75) is 31.4 Å². The minimum absolute atomic E-state index is 0.122. The van der Waals surface area contributed by atoms with Gasteiger partial charge in [-0.3, -0.25) is 14.9 Å². The highest BCUT2D eigenvalue weighted by atomic mass is 16.6. The molecule has 136 valence electrons. The summed E-state index contributed by atoms with van der Waals surface area (Å²) in [7, 11) is 1.59. The van der Waals surface area contributed by atoms with Crippen LogP contribution in [0.15, 0.2) is 48.5 Å². The topological polar surface area (TPSA) is 90.7 Å². The minimum Gasteiger partial charge on any atom is -0.497 e. The van der Waals surface area contributed by atoms with E-state index in [1.807, 2.05) is 24.3 Å². The first kappa shape index (κ1) is 17.7. The van der Waals surface area contributed by atoms with Crippen molar-refractivity contribution in [1.82, 2.24) is 5.32 Å². The van der Waals surface area contributed by atoms with Crippen LogP contribution in [-0.2, 0) is 11.3 Å². The number of nitro groups is 1. The maximum Gasteiger partial charge on any atom is 0.310 e. The molecule has 0 aromatic heterocycles. The van der Waals surface area contributed by atoms with Crippen LogP contribution < -0.4 is 14.8 Å². The van der Waals surface area contributed by atoms with E-state index in [9.17, 15) is 14.9 Å². The number of methoxy groups -OCH3 is 1. The lowest BCUT2D eigenvalue weighted by Crippen LogP contribution is -2.55. The molecular weight excluding hydrogens is 336 g/mol. The van der Waals surface area contributed by atoms with Gasteiger partial charge in [0, 0.05) is 12.6 Å². The number of carbonyl (C=O) groups is 1. The largest absolute Gasteiger partial charge is 0.497 e. The molecule has 1 fully saturated rings. The van der Waals surface area contributed by atoms with Crippen LogP contribution in [0.25, 0.3) is 0 Å². The number of benzene rings is 2. The summed E-state index contributed by atoms with van der Waals surface area (Å²) in [5.74, 6) is 0.616. The van der Waals surface area contributed by atoms with Crippen LogP contribution in [0.1, 0.15) is 24.8 Å². The molecule has 0 unspecified atom stereocenters. The van der Waals surface area contributed by atoms with Crippen LogP contribution in [0.5, 0.6) is 11.5 Å². The number of ether oxygens (including phenoxy) is 2. The van der Waals surface area contributed by atoms with Crippen molar-refractivity contribution >= 4 is 11.6 Å². The Labute approximate surface area is 151 Å². The van der Waals surface area contributed by atoms with Crippen LogP contribution in [0, 0.1) is 10.1 Å². The quantitative estimate of drug-likeness (QED) is 0.607. The summed E-state index contributed by atoms with van der Waals surface area (Å²) >= 11 is 0. The van der Waals surface area contributed by atoms with Crippen LogP contribution in [0.3, 0.4) is 0 Å². The number of amides is 1. The number of hydrogen-bond donors (Lipinski definition) is 1. The molecule has 7 heteroatoms. The van der Waals surface area contributed by atoms with Crippen molar-refractivity contribution in [2.24, 2.45) is 0 Å². The van der Waals surface area contributed by atoms with Gasteiger partial charge in [0.15, 0.2) is 11.4 Å². The van der Waals surface area contributed by atoms with Gasteiger partial charge in [-0.05, 0) is 43.0 Å². The highest BCUT2D eigenvalue weighted by molar-refractivity contribution is 5.86. The molecule has 0 bridgehead atoms. The Hall–Kier alpha value is -3.09. The highest BCUT2D eigenvalue weighted by Crippen LogP contribution is 2.39. The molecule has 26 heavy (non-hydrogen) atoms. The predicted molar refractivity (Wildman–Crippen MR) is 95.1 cm³/mol. The second kappa shape index (κ2) is 7.43. The van der Waals surface area contributed by atoms with E-state index in [4.69, 9.17) is 9.47 Å². The van der Waals surface area contributed by atoms with Gasteiger partial charge in [0.1, 0.15) is 5.75 Å². The summed E-state index contributed by atoms with van der Waals surface area (Å²) in [6, 6.07) is 13.5. The number of nitro benzene ring substituents is 1. The molecule has 0 saturated heterocycles. The standard InChI is InChI=1S/C19H20N2O5/c1-25-15-9-7-14(8-10-15)13-20-18(22)19(11-4-12-19)26-17-6-3-2-5-16(17)21(23)24/h2-3,5-10H,4,11-13H2,1H3,(H,20,22). The SMILES string of the molecule is COc1ccc(CNC(=O)C2(Oc3ccccc3[N+](=O)[O-])CCC2)cc1. The Morgan fingerprint density at radius 2 is 1.88 bits per heavy atom. The lowest BCUT2D eigenvalue weighted by Gasteiger charge is -2.39. The van der Waals surface area contributed by atoms with Crippen molar-refractivity contribution in [3.63, 3.8) is 0 Å². The molecule has 0 heterocycles. The number of para-hydroxylation sites is 2. The fourth-order valence-corrected chi connectivity index (χ4v) is 2.86. The smallest absolute Gasteiger partial charge is 0.310 e. The van der Waals surface area contributed by atoms with E-state index < -0.39 is 10.5 Å². The van der Waals surface area contributed by atoms with Crippen molar-refractivity contribution in [1.29, 1.82) is 0 Å². The summed E-state index contributed by atoms with van der Waals surface area (Å²) in [4.78, 5) is 23.4. The molecule has 0 spiro atoms. The zero-order chi connectivity index (χ0) is 18.6. The monoisotopic (exact) mass is 356 g/mol. The summed E-state index contributed by atoms with van der Waals surface area (Å²) in [5, 5.41) is 14.0. The Kier molecular flexibility index (Phi) is 5.06. The van der Waals surface area contributed by atoms with Crippen molar-refractivity contribution in [2.75, 3.05) is 7.11 Å². The van der Waals surface area contributed by atoms with Gasteiger partial charge in [0.2, 0.25) is 0 Å². The third-order valence-corrected chi connectivity index (χ3v) is 4.55. The van der Waals surface area contributed by atoms with Gasteiger partial charge in [-0.25, -0.2) is 0 Å². The van der Waals surface area contributed by atoms with Gasteiger partial charge in [0.25, 0.3) is 5.91 Å². The van der Waals surface area contributed by atoms with Crippen molar-refractivity contribution < 1.29 is 19.2 Å². The Morgan fingerprint density at radius 3 is 2.46 bits per heavy atom. The summed E-state index contributed by atoms with van der Waals surface area (Å²) in [5.41, 5.74) is -0.250. The molecule has 2 aromatic carbocycles. The second-order valence-corrected chi connectivity index (χ2v) is 6.21. The number of rotatable bonds is 7. The zero-order valence-corrected chi connectivity index (χ0v) is 14.4. The van der Waals surface area contributed by atoms with E-state index in [1.54, 1.807) is 19.2 Å². The summed E-state index contributed by atoms with van der Waals surface area (Å²) in [6.45, 7) is 0.352. The molecule has 1 aliphatic rings. The molecule has 1 amide bonds. The lowest BCUT2D eigenvalue weighted by atomic mass is 9.79. The molecule has 7 nitrogen and oxygen atoms in total. The second-order valence-electron chi connectivity index (χ2n) is 6.21. The molecule has 1 N–H and O–H groups in total. The van der Waals surface area contributed by atoms with Gasteiger partial charge in [0.05, 0.1) is 12.0 Å². The molecule has 1 aliphatic carbocycles. The van der Waals surface area contributed by atoms with E-state index in [2.05, 4.69) is 5.32 Å². The first-order chi connectivity index (χ1) is 12.5. The van der Waals surface area contributed by atoms with E-state index >= 15 is 0 Å². The lowest BCUT2D eigenvalue weighted by molar-refractivity contribution is -0.386. The molecule has 0 radical (unpaired) electrons. The van der Waals surface area contributed by atoms with Gasteiger partial charge < -0.3 is 14.8 Å². The highest BCUT2D eigenvalue weighted by Gasteiger charge is 2.47. The molecule has 0 atom stereocenters. The van der Waals surface area contributed by atoms with Crippen LogP contribution in [0.2, 0.25) is 0 Å². The summed E-state index contributed by atoms with van der Waals surface area (Å²) in [6.07, 6.45) is 1.91. The maximum atomic E-state index is 12.7. The molecule has 3 rings (SSSR count). The fraction of sp³-hybridized carbons (Fsp3) is 0.316. The first-order valence-corrected chi connectivity index (χ1v) is 8.38. The van der Waals surface area contributed by atoms with E-state index in [-0.39, 0.29) is 17.3 Å². The maximum absolute atomic E-state index is 12.7. The zero-order valence-electron chi connectivity index (χ0n) is 14.4. The van der Waals surface area contributed by atoms with Gasteiger partial charge in [-0.2, -0.15) is 0 Å². The Morgan fingerprint density at radius 1 is 1.19 bits per heavy atom. The van der Waals surface area contributed by atoms with E-state index in [0.717, 1.165) is 17.7 Å². The van der Waals surface area contributed by atoms with Gasteiger partial charge in [-0.1, -0.05) is 24.3 Å². The van der Waals surface area contributed by atoms with Crippen molar-refractivity contribution in [3.8, 4) is 11.5 Å². The van der Waals surface area contributed by atoms with Gasteiger partial charge >= 0.3 is 5.69 Å². The van der Waals surface area contributed by atoms with Gasteiger partial charge in [-0.15, -0.1) is 0 Å². The predicted octanol–water partition coefficient (Wildman–Crippen LogP) is 3.22. The average Bonchev–Trinajstić information content (AvgIpc) is 2.63. The number of nitrogens with one attached hydrogen (secondary N) is 1. The third kappa shape index (κ3) is 3.61. The van der Waals surface area contributed by atoms with E-state index in [0.29, 0.717) is 19.4 Å². The number of nitrogens with zero attached hydrogens (tertiary/aromatic N) is 1. The first-order valence-electron chi connectivity index (χ1n) is 8.38. The van der Waals surface area contributed by atoms with Crippen LogP contribution in [0.4, 0.5) is 5.69 Å². The molecule has 2 aromatic rings. The number of hydrogen-bond acceptors (Lipinski definition) is 5. The fourth-order valence-electron chi connectivity index (χ4n) is 2.86. The molecule has 1 saturated carbocycles. The van der Waals surface area contributed by atoms with Crippen LogP contribution in [-0.4, -0.2) is 23.5 Å². The van der Waals surface area contributed by atoms with Crippen LogP contribution >= 0.6 is 0 Å². The third-order valence-electron chi connectivity index (χ3n) is 4.55. The normalized spacial score (nSPS) is 14.8. The molecular formula is C19H20N2O5. The number of carbonyl (C=O) groups excluding carboxylic acids is 1. The van der Waals surface area contributed by atoms with E-state index in [1.165, 1.54) is 12.1 Å². The molecule has 0 aliphatic heterocycles.